The Bertz CT molecular complexity index is 777. The monoisotopic (exact) mass is 405 g/mol. The van der Waals surface area contributed by atoms with Crippen LogP contribution in [0.2, 0.25) is 0 Å². The third-order valence-electron chi connectivity index (χ3n) is 4.69. The molecule has 0 atom stereocenters. The number of benzene rings is 1. The lowest BCUT2D eigenvalue weighted by atomic mass is 9.96. The van der Waals surface area contributed by atoms with E-state index in [0.29, 0.717) is 30.3 Å². The minimum Gasteiger partial charge on any atom is -0.497 e. The first-order chi connectivity index (χ1) is 13.3. The number of carbonyl (C=O) groups is 2. The van der Waals surface area contributed by atoms with Gasteiger partial charge in [-0.25, -0.2) is 0 Å². The van der Waals surface area contributed by atoms with Gasteiger partial charge >= 0.3 is 5.97 Å². The van der Waals surface area contributed by atoms with Crippen LogP contribution in [-0.4, -0.2) is 35.5 Å². The molecule has 0 radical (unpaired) electrons. The largest absolute Gasteiger partial charge is 0.497 e. The van der Waals surface area contributed by atoms with Gasteiger partial charge in [0.25, 0.3) is 0 Å². The summed E-state index contributed by atoms with van der Waals surface area (Å²) in [5.41, 5.74) is 2.71. The van der Waals surface area contributed by atoms with E-state index in [9.17, 15) is 9.59 Å². The maximum absolute atomic E-state index is 12.6. The minimum absolute atomic E-state index is 0.0409. The zero-order valence-electron chi connectivity index (χ0n) is 16.7. The number of amides is 1. The molecule has 1 amide bonds. The van der Waals surface area contributed by atoms with Gasteiger partial charge in [-0.1, -0.05) is 23.7 Å². The molecule has 1 aromatic carbocycles. The van der Waals surface area contributed by atoms with Crippen molar-refractivity contribution in [1.29, 1.82) is 0 Å². The number of methoxy groups -OCH3 is 1. The van der Waals surface area contributed by atoms with Crippen molar-refractivity contribution in [2.45, 2.75) is 46.1 Å². The lowest BCUT2D eigenvalue weighted by molar-refractivity contribution is -0.137. The van der Waals surface area contributed by atoms with Crippen LogP contribution in [0, 0.1) is 5.92 Å². The van der Waals surface area contributed by atoms with E-state index in [4.69, 9.17) is 21.4 Å². The normalized spacial score (nSPS) is 14.7. The summed E-state index contributed by atoms with van der Waals surface area (Å²) >= 11 is 6.13. The molecule has 0 unspecified atom stereocenters. The Balaban J connectivity index is 2.40. The number of ether oxygens (including phenoxy) is 1. The van der Waals surface area contributed by atoms with Crippen LogP contribution in [0.4, 0.5) is 0 Å². The lowest BCUT2D eigenvalue weighted by Crippen LogP contribution is -2.31. The molecule has 1 N–H and O–H groups in total. The molecule has 1 aliphatic rings. The molecule has 0 spiro atoms. The zero-order chi connectivity index (χ0) is 20.7. The molecule has 0 heterocycles. The molecule has 0 aliphatic heterocycles. The molecule has 6 heteroatoms. The molecule has 0 saturated heterocycles. The molecular weight excluding hydrogens is 378 g/mol. The van der Waals surface area contributed by atoms with Gasteiger partial charge in [0, 0.05) is 30.5 Å². The lowest BCUT2D eigenvalue weighted by Gasteiger charge is -2.23. The van der Waals surface area contributed by atoms with E-state index in [1.165, 1.54) is 0 Å². The summed E-state index contributed by atoms with van der Waals surface area (Å²) in [6.45, 7) is 4.90. The van der Waals surface area contributed by atoms with Crippen molar-refractivity contribution in [3.8, 4) is 5.75 Å². The number of nitrogens with zero attached hydrogens (tertiary/aromatic N) is 1. The number of carbonyl (C=O) groups excluding carboxylic acids is 1. The summed E-state index contributed by atoms with van der Waals surface area (Å²) in [6, 6.07) is 5.74. The van der Waals surface area contributed by atoms with Crippen LogP contribution in [0.15, 0.2) is 35.4 Å². The van der Waals surface area contributed by atoms with E-state index >= 15 is 0 Å². The number of hydrogen-bond acceptors (Lipinski definition) is 3. The fourth-order valence-corrected chi connectivity index (χ4v) is 3.16. The smallest absolute Gasteiger partial charge is 0.303 e. The van der Waals surface area contributed by atoms with Crippen LogP contribution in [0.25, 0.3) is 5.57 Å². The highest BCUT2D eigenvalue weighted by Gasteiger charge is 2.33. The van der Waals surface area contributed by atoms with Crippen molar-refractivity contribution in [2.24, 2.45) is 5.92 Å². The van der Waals surface area contributed by atoms with E-state index in [1.54, 1.807) is 14.0 Å². The summed E-state index contributed by atoms with van der Waals surface area (Å²) in [5.74, 6) is 0.210. The average Bonchev–Trinajstić information content (AvgIpc) is 3.49. The standard InChI is InChI=1S/C22H28ClNO4/c1-4-24(22(27)16-8-9-16)14-18-10-11-19(28-3)13-20(18)17(12-15(2)23)6-5-7-21(25)26/h6,10-13,16H,4-5,7-9,14H2,1-3H3,(H,25,26)/b15-12+,17-6+. The summed E-state index contributed by atoms with van der Waals surface area (Å²) in [5, 5.41) is 9.54. The predicted molar refractivity (Wildman–Crippen MR) is 111 cm³/mol. The summed E-state index contributed by atoms with van der Waals surface area (Å²) < 4.78 is 5.38. The van der Waals surface area contributed by atoms with Crippen molar-refractivity contribution >= 4 is 29.1 Å². The number of carboxylic acids is 1. The van der Waals surface area contributed by atoms with Gasteiger partial charge in [-0.2, -0.15) is 0 Å². The third-order valence-corrected chi connectivity index (χ3v) is 4.80. The molecular formula is C22H28ClNO4. The number of allylic oxidation sites excluding steroid dienone is 4. The molecule has 152 valence electrons. The summed E-state index contributed by atoms with van der Waals surface area (Å²) in [7, 11) is 1.60. The van der Waals surface area contributed by atoms with E-state index in [1.807, 2.05) is 42.2 Å². The van der Waals surface area contributed by atoms with Crippen LogP contribution in [0.5, 0.6) is 5.75 Å². The van der Waals surface area contributed by atoms with E-state index < -0.39 is 5.97 Å². The Labute approximate surface area is 171 Å². The van der Waals surface area contributed by atoms with Crippen LogP contribution in [-0.2, 0) is 16.1 Å². The average molecular weight is 406 g/mol. The van der Waals surface area contributed by atoms with E-state index in [2.05, 4.69) is 0 Å². The Morgan fingerprint density at radius 1 is 1.36 bits per heavy atom. The molecule has 1 fully saturated rings. The van der Waals surface area contributed by atoms with Gasteiger partial charge in [0.2, 0.25) is 5.91 Å². The Morgan fingerprint density at radius 3 is 2.61 bits per heavy atom. The van der Waals surface area contributed by atoms with Crippen LogP contribution in [0.3, 0.4) is 0 Å². The van der Waals surface area contributed by atoms with Crippen molar-refractivity contribution in [3.05, 3.63) is 46.5 Å². The van der Waals surface area contributed by atoms with Crippen molar-refractivity contribution in [3.63, 3.8) is 0 Å². The van der Waals surface area contributed by atoms with E-state index in [0.717, 1.165) is 29.5 Å². The maximum Gasteiger partial charge on any atom is 0.303 e. The van der Waals surface area contributed by atoms with Crippen molar-refractivity contribution in [2.75, 3.05) is 13.7 Å². The van der Waals surface area contributed by atoms with Gasteiger partial charge in [0.15, 0.2) is 0 Å². The van der Waals surface area contributed by atoms with Gasteiger partial charge in [-0.3, -0.25) is 9.59 Å². The molecule has 1 saturated carbocycles. The van der Waals surface area contributed by atoms with Gasteiger partial charge in [0.05, 0.1) is 7.11 Å². The minimum atomic E-state index is -0.847. The highest BCUT2D eigenvalue weighted by atomic mass is 35.5. The number of carboxylic acid groups (broad SMARTS) is 1. The van der Waals surface area contributed by atoms with Gasteiger partial charge in [-0.05, 0) is 68.0 Å². The summed E-state index contributed by atoms with van der Waals surface area (Å²) in [6.07, 6.45) is 6.07. The maximum atomic E-state index is 12.6. The number of rotatable bonds is 10. The zero-order valence-corrected chi connectivity index (χ0v) is 17.5. The first-order valence-corrected chi connectivity index (χ1v) is 9.95. The van der Waals surface area contributed by atoms with Crippen LogP contribution in [0.1, 0.15) is 50.7 Å². The predicted octanol–water partition coefficient (Wildman–Crippen LogP) is 4.84. The molecule has 5 nitrogen and oxygen atoms in total. The van der Waals surface area contributed by atoms with E-state index in [-0.39, 0.29) is 18.2 Å². The van der Waals surface area contributed by atoms with Gasteiger partial charge in [0.1, 0.15) is 5.75 Å². The highest BCUT2D eigenvalue weighted by Crippen LogP contribution is 2.33. The second-order valence-electron chi connectivity index (χ2n) is 6.97. The van der Waals surface area contributed by atoms with Crippen molar-refractivity contribution in [1.82, 2.24) is 4.90 Å². The van der Waals surface area contributed by atoms with Crippen molar-refractivity contribution < 1.29 is 19.4 Å². The molecule has 28 heavy (non-hydrogen) atoms. The molecule has 0 aromatic heterocycles. The number of aliphatic carboxylic acids is 1. The Morgan fingerprint density at radius 2 is 2.07 bits per heavy atom. The first-order valence-electron chi connectivity index (χ1n) is 9.57. The molecule has 1 aliphatic carbocycles. The highest BCUT2D eigenvalue weighted by molar-refractivity contribution is 6.29. The van der Waals surface area contributed by atoms with Gasteiger partial charge in [-0.15, -0.1) is 0 Å². The summed E-state index contributed by atoms with van der Waals surface area (Å²) in [4.78, 5) is 25.3. The molecule has 1 aromatic rings. The Kier molecular flexibility index (Phi) is 8.12. The number of hydrogen-bond donors (Lipinski definition) is 1. The second kappa shape index (κ2) is 10.3. The van der Waals surface area contributed by atoms with Crippen LogP contribution >= 0.6 is 11.6 Å². The quantitative estimate of drug-likeness (QED) is 0.565. The third kappa shape index (κ3) is 6.41. The number of halogens is 1. The van der Waals surface area contributed by atoms with Crippen LogP contribution < -0.4 is 4.74 Å². The molecule has 2 rings (SSSR count). The SMILES string of the molecule is CCN(Cc1ccc(OC)cc1C(/C=C(\C)Cl)=C/CCC(=O)O)C(=O)C1CC1. The fourth-order valence-electron chi connectivity index (χ4n) is 3.04. The Hall–Kier alpha value is -2.27. The first kappa shape index (κ1) is 22.0. The fraction of sp³-hybridized carbons (Fsp3) is 0.455. The second-order valence-corrected chi connectivity index (χ2v) is 7.57. The van der Waals surface area contributed by atoms with Gasteiger partial charge < -0.3 is 14.7 Å². The topological polar surface area (TPSA) is 66.8 Å². The molecule has 0 bridgehead atoms.